The van der Waals surface area contributed by atoms with Gasteiger partial charge in [0.25, 0.3) is 0 Å². The van der Waals surface area contributed by atoms with Gasteiger partial charge in [-0.2, -0.15) is 5.10 Å². The smallest absolute Gasteiger partial charge is 0.123 e. The standard InChI is InChI=1S/C20H23FN4.ClH/c21-18-6-8-19(9-7-18)25-20(10-13-23-25)16-24(15-12-22)14-11-17-4-2-1-3-5-17;/h1-10,13H,11-12,14-16,22H2;1H. The SMILES string of the molecule is Cl.NCCN(CCc1ccccc1)Cc1ccnn1-c1ccc(F)cc1. The molecular formula is C20H24ClFN4. The Bertz CT molecular complexity index is 774. The number of hydrogen-bond donors (Lipinski definition) is 1. The number of aromatic nitrogens is 2. The van der Waals surface area contributed by atoms with Crippen molar-refractivity contribution in [2.24, 2.45) is 5.73 Å². The highest BCUT2D eigenvalue weighted by atomic mass is 35.5. The minimum Gasteiger partial charge on any atom is -0.329 e. The van der Waals surface area contributed by atoms with Crippen molar-refractivity contribution in [2.45, 2.75) is 13.0 Å². The third kappa shape index (κ3) is 5.39. The predicted octanol–water partition coefficient (Wildman–Crippen LogP) is 3.44. The van der Waals surface area contributed by atoms with Crippen LogP contribution in [-0.4, -0.2) is 34.3 Å². The summed E-state index contributed by atoms with van der Waals surface area (Å²) in [5.74, 6) is -0.245. The maximum Gasteiger partial charge on any atom is 0.123 e. The van der Waals surface area contributed by atoms with Crippen molar-refractivity contribution >= 4 is 12.4 Å². The van der Waals surface area contributed by atoms with Gasteiger partial charge in [0.15, 0.2) is 0 Å². The summed E-state index contributed by atoms with van der Waals surface area (Å²) >= 11 is 0. The van der Waals surface area contributed by atoms with Crippen molar-refractivity contribution in [3.8, 4) is 5.69 Å². The molecular weight excluding hydrogens is 351 g/mol. The average molecular weight is 375 g/mol. The second kappa shape index (κ2) is 10.1. The molecule has 3 aromatic rings. The van der Waals surface area contributed by atoms with Gasteiger partial charge in [0.05, 0.1) is 11.4 Å². The molecule has 0 atom stereocenters. The van der Waals surface area contributed by atoms with Crippen LogP contribution in [0, 0.1) is 5.82 Å². The van der Waals surface area contributed by atoms with Gasteiger partial charge >= 0.3 is 0 Å². The normalized spacial score (nSPS) is 10.7. The predicted molar refractivity (Wildman–Crippen MR) is 105 cm³/mol. The number of halogens is 2. The van der Waals surface area contributed by atoms with Gasteiger partial charge in [0.1, 0.15) is 5.82 Å². The maximum absolute atomic E-state index is 13.1. The first-order valence-corrected chi connectivity index (χ1v) is 8.51. The van der Waals surface area contributed by atoms with E-state index in [1.807, 2.05) is 16.8 Å². The number of nitrogens with two attached hydrogens (primary N) is 1. The number of hydrogen-bond acceptors (Lipinski definition) is 3. The maximum atomic E-state index is 13.1. The molecule has 1 aromatic heterocycles. The molecule has 0 amide bonds. The van der Waals surface area contributed by atoms with E-state index in [1.165, 1.54) is 17.7 Å². The van der Waals surface area contributed by atoms with E-state index >= 15 is 0 Å². The molecule has 26 heavy (non-hydrogen) atoms. The van der Waals surface area contributed by atoms with Gasteiger partial charge in [-0.05, 0) is 42.3 Å². The largest absolute Gasteiger partial charge is 0.329 e. The summed E-state index contributed by atoms with van der Waals surface area (Å²) in [4.78, 5) is 2.32. The zero-order chi connectivity index (χ0) is 17.5. The van der Waals surface area contributed by atoms with Gasteiger partial charge in [0.2, 0.25) is 0 Å². The summed E-state index contributed by atoms with van der Waals surface area (Å²) in [6.07, 6.45) is 2.75. The molecule has 138 valence electrons. The first kappa shape index (κ1) is 20.1. The molecule has 0 saturated carbocycles. The van der Waals surface area contributed by atoms with Crippen molar-refractivity contribution < 1.29 is 4.39 Å². The molecule has 0 radical (unpaired) electrons. The molecule has 0 saturated heterocycles. The zero-order valence-corrected chi connectivity index (χ0v) is 15.4. The van der Waals surface area contributed by atoms with Gasteiger partial charge in [0, 0.05) is 32.4 Å². The lowest BCUT2D eigenvalue weighted by molar-refractivity contribution is 0.271. The second-order valence-corrected chi connectivity index (χ2v) is 6.01. The Labute approximate surface area is 159 Å². The molecule has 0 unspecified atom stereocenters. The second-order valence-electron chi connectivity index (χ2n) is 6.01. The number of benzene rings is 2. The highest BCUT2D eigenvalue weighted by Gasteiger charge is 2.11. The summed E-state index contributed by atoms with van der Waals surface area (Å²) in [5, 5.41) is 4.38. The van der Waals surface area contributed by atoms with Crippen LogP contribution in [0.5, 0.6) is 0 Å². The number of rotatable bonds is 8. The van der Waals surface area contributed by atoms with E-state index in [9.17, 15) is 4.39 Å². The molecule has 0 bridgehead atoms. The van der Waals surface area contributed by atoms with E-state index in [2.05, 4.69) is 34.3 Å². The molecule has 3 rings (SSSR count). The quantitative estimate of drug-likeness (QED) is 0.657. The summed E-state index contributed by atoms with van der Waals surface area (Å²) in [6, 6.07) is 18.8. The van der Waals surface area contributed by atoms with Gasteiger partial charge < -0.3 is 5.73 Å². The van der Waals surface area contributed by atoms with Crippen LogP contribution in [0.25, 0.3) is 5.69 Å². The van der Waals surface area contributed by atoms with E-state index in [0.29, 0.717) is 6.54 Å². The van der Waals surface area contributed by atoms with Crippen molar-refractivity contribution in [3.05, 3.63) is 83.9 Å². The summed E-state index contributed by atoms with van der Waals surface area (Å²) in [7, 11) is 0. The molecule has 0 aliphatic heterocycles. The van der Waals surface area contributed by atoms with Crippen molar-refractivity contribution in [2.75, 3.05) is 19.6 Å². The fraction of sp³-hybridized carbons (Fsp3) is 0.250. The lowest BCUT2D eigenvalue weighted by atomic mass is 10.1. The molecule has 0 aliphatic rings. The fourth-order valence-electron chi connectivity index (χ4n) is 2.88. The van der Waals surface area contributed by atoms with Crippen LogP contribution >= 0.6 is 12.4 Å². The molecule has 6 heteroatoms. The van der Waals surface area contributed by atoms with E-state index in [0.717, 1.165) is 37.4 Å². The van der Waals surface area contributed by atoms with Crippen molar-refractivity contribution in [1.29, 1.82) is 0 Å². The topological polar surface area (TPSA) is 47.1 Å². The molecule has 2 N–H and O–H groups in total. The van der Waals surface area contributed by atoms with Crippen LogP contribution in [0.4, 0.5) is 4.39 Å². The van der Waals surface area contributed by atoms with Crippen molar-refractivity contribution in [3.63, 3.8) is 0 Å². The minimum atomic E-state index is -0.245. The Kier molecular flexibility index (Phi) is 7.78. The van der Waals surface area contributed by atoms with Crippen LogP contribution in [-0.2, 0) is 13.0 Å². The Morgan fingerprint density at radius 1 is 0.962 bits per heavy atom. The number of nitrogens with zero attached hydrogens (tertiary/aromatic N) is 3. The third-order valence-corrected chi connectivity index (χ3v) is 4.18. The fourth-order valence-corrected chi connectivity index (χ4v) is 2.88. The van der Waals surface area contributed by atoms with Crippen LogP contribution in [0.1, 0.15) is 11.3 Å². The zero-order valence-electron chi connectivity index (χ0n) is 14.6. The Morgan fingerprint density at radius 2 is 1.69 bits per heavy atom. The van der Waals surface area contributed by atoms with Crippen molar-refractivity contribution in [1.82, 2.24) is 14.7 Å². The Morgan fingerprint density at radius 3 is 2.38 bits per heavy atom. The van der Waals surface area contributed by atoms with Gasteiger partial charge in [-0.15, -0.1) is 12.4 Å². The third-order valence-electron chi connectivity index (χ3n) is 4.18. The van der Waals surface area contributed by atoms with Crippen LogP contribution in [0.3, 0.4) is 0 Å². The Balaban J connectivity index is 0.00000243. The monoisotopic (exact) mass is 374 g/mol. The molecule has 0 fully saturated rings. The summed E-state index contributed by atoms with van der Waals surface area (Å²) in [6.45, 7) is 3.11. The summed E-state index contributed by atoms with van der Waals surface area (Å²) < 4.78 is 15.0. The van der Waals surface area contributed by atoms with Gasteiger partial charge in [-0.3, -0.25) is 4.90 Å². The van der Waals surface area contributed by atoms with Crippen LogP contribution in [0.2, 0.25) is 0 Å². The molecule has 2 aromatic carbocycles. The first-order chi connectivity index (χ1) is 12.3. The average Bonchev–Trinajstić information content (AvgIpc) is 3.09. The first-order valence-electron chi connectivity index (χ1n) is 8.51. The minimum absolute atomic E-state index is 0. The van der Waals surface area contributed by atoms with Gasteiger partial charge in [-0.25, -0.2) is 9.07 Å². The molecule has 0 spiro atoms. The van der Waals surface area contributed by atoms with Crippen LogP contribution < -0.4 is 5.73 Å². The van der Waals surface area contributed by atoms with Crippen LogP contribution in [0.15, 0.2) is 66.9 Å². The van der Waals surface area contributed by atoms with E-state index in [4.69, 9.17) is 5.73 Å². The highest BCUT2D eigenvalue weighted by molar-refractivity contribution is 5.85. The summed E-state index contributed by atoms with van der Waals surface area (Å²) in [5.41, 5.74) is 9.03. The molecule has 0 aliphatic carbocycles. The van der Waals surface area contributed by atoms with E-state index in [1.54, 1.807) is 18.3 Å². The lowest BCUT2D eigenvalue weighted by Crippen LogP contribution is -2.31. The van der Waals surface area contributed by atoms with E-state index < -0.39 is 0 Å². The van der Waals surface area contributed by atoms with Gasteiger partial charge in [-0.1, -0.05) is 30.3 Å². The van der Waals surface area contributed by atoms with E-state index in [-0.39, 0.29) is 18.2 Å². The molecule has 1 heterocycles. The Hall–Kier alpha value is -2.21. The molecule has 4 nitrogen and oxygen atoms in total. The lowest BCUT2D eigenvalue weighted by Gasteiger charge is -2.22. The highest BCUT2D eigenvalue weighted by Crippen LogP contribution is 2.13.